The minimum absolute atomic E-state index is 0.100. The van der Waals surface area contributed by atoms with Crippen LogP contribution in [0, 0.1) is 17.5 Å². The van der Waals surface area contributed by atoms with Gasteiger partial charge in [0.2, 0.25) is 17.6 Å². The zero-order valence-corrected chi connectivity index (χ0v) is 9.25. The topological polar surface area (TPSA) is 47.0 Å². The summed E-state index contributed by atoms with van der Waals surface area (Å²) in [4.78, 5) is 7.24. The molecule has 1 heterocycles. The van der Waals surface area contributed by atoms with Crippen LogP contribution >= 0.6 is 0 Å². The van der Waals surface area contributed by atoms with E-state index in [-0.39, 0.29) is 5.95 Å². The molecular formula is C11H8F3N3O. The monoisotopic (exact) mass is 255 g/mol. The third kappa shape index (κ3) is 2.34. The second-order valence-electron chi connectivity index (χ2n) is 3.25. The molecule has 18 heavy (non-hydrogen) atoms. The average molecular weight is 255 g/mol. The Morgan fingerprint density at radius 3 is 2.67 bits per heavy atom. The van der Waals surface area contributed by atoms with Gasteiger partial charge in [0.25, 0.3) is 5.88 Å². The highest BCUT2D eigenvalue weighted by Gasteiger charge is 2.14. The molecule has 0 aliphatic heterocycles. The Morgan fingerprint density at radius 2 is 1.94 bits per heavy atom. The lowest BCUT2D eigenvalue weighted by Gasteiger charge is -2.07. The molecule has 0 unspecified atom stereocenters. The molecule has 0 saturated carbocycles. The normalized spacial score (nSPS) is 10.2. The molecule has 0 aliphatic rings. The van der Waals surface area contributed by atoms with Gasteiger partial charge in [0.15, 0.2) is 11.6 Å². The molecule has 2 aromatic rings. The van der Waals surface area contributed by atoms with Crippen molar-refractivity contribution >= 4 is 5.95 Å². The number of hydrogen-bond donors (Lipinski definition) is 1. The van der Waals surface area contributed by atoms with Gasteiger partial charge >= 0.3 is 0 Å². The molecule has 0 aliphatic carbocycles. The van der Waals surface area contributed by atoms with Crippen molar-refractivity contribution in [3.05, 3.63) is 41.8 Å². The quantitative estimate of drug-likeness (QED) is 0.916. The molecule has 0 bridgehead atoms. The number of nitrogens with one attached hydrogen (secondary N) is 1. The molecular weight excluding hydrogens is 247 g/mol. The lowest BCUT2D eigenvalue weighted by molar-refractivity contribution is 0.383. The first-order chi connectivity index (χ1) is 8.61. The molecule has 0 spiro atoms. The van der Waals surface area contributed by atoms with Crippen LogP contribution in [0.15, 0.2) is 24.4 Å². The Balaban J connectivity index is 2.36. The fraction of sp³-hybridized carbons (Fsp3) is 0.0909. The van der Waals surface area contributed by atoms with E-state index in [1.165, 1.54) is 19.2 Å². The van der Waals surface area contributed by atoms with Gasteiger partial charge < -0.3 is 10.1 Å². The maximum atomic E-state index is 13.3. The first-order valence-electron chi connectivity index (χ1n) is 4.94. The van der Waals surface area contributed by atoms with Gasteiger partial charge in [-0.3, -0.25) is 0 Å². The van der Waals surface area contributed by atoms with Crippen molar-refractivity contribution in [2.45, 2.75) is 0 Å². The number of nitrogens with zero attached hydrogens (tertiary/aromatic N) is 2. The molecule has 94 valence electrons. The van der Waals surface area contributed by atoms with Crippen molar-refractivity contribution in [1.82, 2.24) is 9.97 Å². The molecule has 0 atom stereocenters. The summed E-state index contributed by atoms with van der Waals surface area (Å²) in [6.45, 7) is 0. The van der Waals surface area contributed by atoms with E-state index in [0.717, 1.165) is 12.3 Å². The molecule has 0 amide bonds. The maximum Gasteiger partial charge on any atom is 0.260 e. The Morgan fingerprint density at radius 1 is 1.17 bits per heavy atom. The minimum Gasteiger partial charge on any atom is -0.433 e. The molecule has 0 saturated heterocycles. The summed E-state index contributed by atoms with van der Waals surface area (Å²) >= 11 is 0. The summed E-state index contributed by atoms with van der Waals surface area (Å²) in [5.74, 6) is -4.01. The van der Waals surface area contributed by atoms with Gasteiger partial charge in [-0.25, -0.2) is 9.37 Å². The van der Waals surface area contributed by atoms with Gasteiger partial charge in [0.05, 0.1) is 6.20 Å². The molecule has 0 radical (unpaired) electrons. The third-order valence-corrected chi connectivity index (χ3v) is 2.06. The van der Waals surface area contributed by atoms with Crippen LogP contribution in [0.1, 0.15) is 0 Å². The predicted octanol–water partition coefficient (Wildman–Crippen LogP) is 2.73. The van der Waals surface area contributed by atoms with Gasteiger partial charge in [-0.15, -0.1) is 0 Å². The summed E-state index contributed by atoms with van der Waals surface area (Å²) in [7, 11) is 1.53. The predicted molar refractivity (Wildman–Crippen MR) is 58.0 cm³/mol. The van der Waals surface area contributed by atoms with Crippen molar-refractivity contribution in [1.29, 1.82) is 0 Å². The molecule has 0 fully saturated rings. The third-order valence-electron chi connectivity index (χ3n) is 2.06. The van der Waals surface area contributed by atoms with Gasteiger partial charge in [0.1, 0.15) is 0 Å². The van der Waals surface area contributed by atoms with Crippen molar-refractivity contribution in [3.8, 4) is 11.6 Å². The number of hydrogen-bond acceptors (Lipinski definition) is 4. The van der Waals surface area contributed by atoms with E-state index in [9.17, 15) is 13.2 Å². The highest BCUT2D eigenvalue weighted by atomic mass is 19.2. The summed E-state index contributed by atoms with van der Waals surface area (Å²) in [5.41, 5.74) is 0. The van der Waals surface area contributed by atoms with Gasteiger partial charge in [-0.05, 0) is 12.1 Å². The van der Waals surface area contributed by atoms with Crippen molar-refractivity contribution < 1.29 is 17.9 Å². The molecule has 1 N–H and O–H groups in total. The minimum atomic E-state index is -1.21. The number of halogens is 3. The van der Waals surface area contributed by atoms with Gasteiger partial charge in [0, 0.05) is 7.05 Å². The fourth-order valence-electron chi connectivity index (χ4n) is 1.21. The zero-order chi connectivity index (χ0) is 13.1. The van der Waals surface area contributed by atoms with E-state index in [0.29, 0.717) is 0 Å². The molecule has 4 nitrogen and oxygen atoms in total. The van der Waals surface area contributed by atoms with E-state index >= 15 is 0 Å². The van der Waals surface area contributed by atoms with Crippen LogP contribution in [0.25, 0.3) is 0 Å². The molecule has 1 aromatic carbocycles. The smallest absolute Gasteiger partial charge is 0.260 e. The lowest BCUT2D eigenvalue weighted by Crippen LogP contribution is -2.01. The zero-order valence-electron chi connectivity index (χ0n) is 9.25. The second-order valence-corrected chi connectivity index (χ2v) is 3.25. The fourth-order valence-corrected chi connectivity index (χ4v) is 1.21. The summed E-state index contributed by atoms with van der Waals surface area (Å²) in [5, 5.41) is 2.57. The van der Waals surface area contributed by atoms with Crippen LogP contribution in [-0.4, -0.2) is 17.0 Å². The highest BCUT2D eigenvalue weighted by molar-refractivity contribution is 5.32. The highest BCUT2D eigenvalue weighted by Crippen LogP contribution is 2.26. The summed E-state index contributed by atoms with van der Waals surface area (Å²) in [6, 6.07) is 3.34. The lowest BCUT2D eigenvalue weighted by atomic mass is 10.3. The summed E-state index contributed by atoms with van der Waals surface area (Å²) in [6.07, 6.45) is 0.866. The van der Waals surface area contributed by atoms with E-state index in [4.69, 9.17) is 4.74 Å². The Kier molecular flexibility index (Phi) is 3.31. The van der Waals surface area contributed by atoms with Crippen LogP contribution in [-0.2, 0) is 0 Å². The van der Waals surface area contributed by atoms with Crippen molar-refractivity contribution in [2.24, 2.45) is 0 Å². The molecule has 2 rings (SSSR count). The number of anilines is 1. The van der Waals surface area contributed by atoms with Gasteiger partial charge in [-0.1, -0.05) is 6.07 Å². The molecule has 7 heteroatoms. The van der Waals surface area contributed by atoms with Crippen LogP contribution in [0.5, 0.6) is 11.6 Å². The van der Waals surface area contributed by atoms with E-state index in [2.05, 4.69) is 15.3 Å². The number of ether oxygens (including phenoxy) is 1. The first-order valence-corrected chi connectivity index (χ1v) is 4.94. The number of aromatic nitrogens is 2. The summed E-state index contributed by atoms with van der Waals surface area (Å²) < 4.78 is 44.5. The van der Waals surface area contributed by atoms with Gasteiger partial charge in [-0.2, -0.15) is 13.8 Å². The molecule has 1 aromatic heterocycles. The standard InChI is InChI=1S/C11H8F3N3O/c1-15-11-16-5-7(13)10(17-11)18-8-4-2-3-6(12)9(8)14/h2-5H,1H3,(H,15,16,17). The largest absolute Gasteiger partial charge is 0.433 e. The Bertz CT molecular complexity index is 577. The van der Waals surface area contributed by atoms with Crippen molar-refractivity contribution in [2.75, 3.05) is 12.4 Å². The first kappa shape index (κ1) is 12.2. The Labute approximate surface area is 100 Å². The second kappa shape index (κ2) is 4.91. The van der Waals surface area contributed by atoms with Crippen LogP contribution in [0.3, 0.4) is 0 Å². The average Bonchev–Trinajstić information content (AvgIpc) is 2.37. The van der Waals surface area contributed by atoms with Crippen molar-refractivity contribution in [3.63, 3.8) is 0 Å². The van der Waals surface area contributed by atoms with Crippen LogP contribution in [0.4, 0.5) is 19.1 Å². The van der Waals surface area contributed by atoms with E-state index < -0.39 is 29.1 Å². The Hall–Kier alpha value is -2.31. The maximum absolute atomic E-state index is 13.3. The van der Waals surface area contributed by atoms with E-state index in [1.54, 1.807) is 0 Å². The van der Waals surface area contributed by atoms with Crippen LogP contribution in [0.2, 0.25) is 0 Å². The van der Waals surface area contributed by atoms with E-state index in [1.807, 2.05) is 0 Å². The number of rotatable bonds is 3. The SMILES string of the molecule is CNc1ncc(F)c(Oc2cccc(F)c2F)n1. The van der Waals surface area contributed by atoms with Crippen LogP contribution < -0.4 is 10.1 Å². The number of benzene rings is 1.